The van der Waals surface area contributed by atoms with Gasteiger partial charge in [0.25, 0.3) is 0 Å². The molecule has 2 aliphatic heterocycles. The maximum Gasteiger partial charge on any atom is 0.241 e. The van der Waals surface area contributed by atoms with Crippen molar-refractivity contribution in [1.29, 1.82) is 0 Å². The van der Waals surface area contributed by atoms with Crippen molar-refractivity contribution in [1.82, 2.24) is 9.21 Å². The fourth-order valence-corrected chi connectivity index (χ4v) is 5.10. The molecule has 1 atom stereocenters. The summed E-state index contributed by atoms with van der Waals surface area (Å²) < 4.78 is 25.8. The first-order valence-electron chi connectivity index (χ1n) is 7.40. The number of amides is 1. The van der Waals surface area contributed by atoms with Crippen LogP contribution in [0.2, 0.25) is 0 Å². The van der Waals surface area contributed by atoms with Crippen LogP contribution in [0.4, 0.5) is 5.69 Å². The van der Waals surface area contributed by atoms with Gasteiger partial charge in [0.15, 0.2) is 0 Å². The highest BCUT2D eigenvalue weighted by molar-refractivity contribution is 7.89. The first-order valence-corrected chi connectivity index (χ1v) is 9.95. The number of anilines is 1. The summed E-state index contributed by atoms with van der Waals surface area (Å²) in [5.74, 6) is 0.197. The zero-order valence-corrected chi connectivity index (χ0v) is 14.5. The quantitative estimate of drug-likeness (QED) is 0.815. The van der Waals surface area contributed by atoms with Gasteiger partial charge < -0.3 is 4.90 Å². The summed E-state index contributed by atoms with van der Waals surface area (Å²) in [6.45, 7) is 3.55. The van der Waals surface area contributed by atoms with E-state index in [4.69, 9.17) is 0 Å². The van der Waals surface area contributed by atoms with Gasteiger partial charge in [0.1, 0.15) is 0 Å². The Hall–Kier alpha value is -0.960. The minimum absolute atomic E-state index is 0.0725. The van der Waals surface area contributed by atoms with Crippen molar-refractivity contribution in [3.8, 4) is 0 Å². The molecule has 22 heavy (non-hydrogen) atoms. The summed E-state index contributed by atoms with van der Waals surface area (Å²) in [5.41, 5.74) is 0.636. The topological polar surface area (TPSA) is 60.9 Å². The van der Waals surface area contributed by atoms with Crippen LogP contribution in [-0.2, 0) is 14.8 Å². The van der Waals surface area contributed by atoms with Crippen molar-refractivity contribution >= 4 is 33.0 Å². The molecule has 8 heteroatoms. The average molecular weight is 343 g/mol. The standard InChI is InChI=1S/C14H21N3O3S2/c1-3-22(19,20)16-6-5-14(10-16)11-17(12-4-7-21-9-12)13(18)8-15(14)2/h4,7,9H,3,5-6,8,10-11H2,1-2H3/t14-/m1/s1. The molecule has 0 aliphatic carbocycles. The number of nitrogens with zero attached hydrogens (tertiary/aromatic N) is 3. The minimum Gasteiger partial charge on any atom is -0.309 e. The Morgan fingerprint density at radius 2 is 2.14 bits per heavy atom. The second-order valence-electron chi connectivity index (χ2n) is 6.03. The molecule has 2 aliphatic rings. The van der Waals surface area contributed by atoms with Crippen molar-refractivity contribution in [3.05, 3.63) is 16.8 Å². The monoisotopic (exact) mass is 343 g/mol. The minimum atomic E-state index is -3.18. The molecular formula is C14H21N3O3S2. The zero-order valence-electron chi connectivity index (χ0n) is 12.9. The lowest BCUT2D eigenvalue weighted by molar-refractivity contribution is -0.123. The van der Waals surface area contributed by atoms with Crippen LogP contribution in [0.1, 0.15) is 13.3 Å². The molecule has 1 amide bonds. The number of hydrogen-bond acceptors (Lipinski definition) is 5. The second-order valence-corrected chi connectivity index (χ2v) is 9.06. The second kappa shape index (κ2) is 5.59. The predicted octanol–water partition coefficient (Wildman–Crippen LogP) is 0.821. The maximum absolute atomic E-state index is 12.3. The summed E-state index contributed by atoms with van der Waals surface area (Å²) in [6.07, 6.45) is 0.761. The number of rotatable bonds is 3. The molecule has 1 aromatic heterocycles. The van der Waals surface area contributed by atoms with Crippen LogP contribution in [0.15, 0.2) is 16.8 Å². The van der Waals surface area contributed by atoms with Gasteiger partial charge >= 0.3 is 0 Å². The van der Waals surface area contributed by atoms with Crippen molar-refractivity contribution in [2.24, 2.45) is 0 Å². The smallest absolute Gasteiger partial charge is 0.241 e. The molecule has 0 unspecified atom stereocenters. The molecule has 0 saturated carbocycles. The molecule has 0 aromatic carbocycles. The Morgan fingerprint density at radius 1 is 1.36 bits per heavy atom. The van der Waals surface area contributed by atoms with E-state index in [-0.39, 0.29) is 17.2 Å². The van der Waals surface area contributed by atoms with Crippen molar-refractivity contribution in [3.63, 3.8) is 0 Å². The van der Waals surface area contributed by atoms with E-state index >= 15 is 0 Å². The fourth-order valence-electron chi connectivity index (χ4n) is 3.29. The summed E-state index contributed by atoms with van der Waals surface area (Å²) in [6, 6.07) is 1.94. The van der Waals surface area contributed by atoms with Gasteiger partial charge in [-0.05, 0) is 31.8 Å². The van der Waals surface area contributed by atoms with Gasteiger partial charge in [-0.1, -0.05) is 0 Å². The molecule has 2 fully saturated rings. The van der Waals surface area contributed by atoms with E-state index in [0.717, 1.165) is 12.1 Å². The SMILES string of the molecule is CCS(=O)(=O)N1CC[C@]2(CN(c3ccsc3)C(=O)CN2C)C1. The molecule has 1 spiro atoms. The van der Waals surface area contributed by atoms with Crippen LogP contribution < -0.4 is 4.90 Å². The maximum atomic E-state index is 12.3. The Kier molecular flexibility index (Phi) is 4.05. The van der Waals surface area contributed by atoms with Gasteiger partial charge in [0.2, 0.25) is 15.9 Å². The summed E-state index contributed by atoms with van der Waals surface area (Å²) in [5, 5.41) is 3.92. The van der Waals surface area contributed by atoms with E-state index in [1.165, 1.54) is 0 Å². The zero-order chi connectivity index (χ0) is 16.0. The van der Waals surface area contributed by atoms with E-state index in [1.54, 1.807) is 27.5 Å². The molecule has 2 saturated heterocycles. The Morgan fingerprint density at radius 3 is 2.77 bits per heavy atom. The Labute approximate surface area is 135 Å². The molecular weight excluding hydrogens is 322 g/mol. The molecule has 122 valence electrons. The van der Waals surface area contributed by atoms with Gasteiger partial charge in [-0.15, -0.1) is 0 Å². The van der Waals surface area contributed by atoms with Crippen LogP contribution in [0.3, 0.4) is 0 Å². The third kappa shape index (κ3) is 2.58. The fraction of sp³-hybridized carbons (Fsp3) is 0.643. The Balaban J connectivity index is 1.86. The summed E-state index contributed by atoms with van der Waals surface area (Å²) >= 11 is 1.56. The van der Waals surface area contributed by atoms with Crippen molar-refractivity contribution in [2.75, 3.05) is 43.9 Å². The first-order chi connectivity index (χ1) is 10.4. The molecule has 3 heterocycles. The third-order valence-corrected chi connectivity index (χ3v) is 7.31. The normalized spacial score (nSPS) is 27.9. The van der Waals surface area contributed by atoms with Gasteiger partial charge in [-0.3, -0.25) is 9.69 Å². The highest BCUT2D eigenvalue weighted by atomic mass is 32.2. The van der Waals surface area contributed by atoms with Crippen molar-refractivity contribution in [2.45, 2.75) is 18.9 Å². The number of carbonyl (C=O) groups is 1. The largest absolute Gasteiger partial charge is 0.309 e. The molecule has 1 aromatic rings. The van der Waals surface area contributed by atoms with Crippen LogP contribution in [0.5, 0.6) is 0 Å². The Bertz CT molecular complexity index is 659. The number of sulfonamides is 1. The highest BCUT2D eigenvalue weighted by Gasteiger charge is 2.49. The lowest BCUT2D eigenvalue weighted by Gasteiger charge is -2.46. The van der Waals surface area contributed by atoms with Crippen LogP contribution in [0.25, 0.3) is 0 Å². The van der Waals surface area contributed by atoms with Gasteiger partial charge in [-0.2, -0.15) is 15.6 Å². The van der Waals surface area contributed by atoms with Gasteiger partial charge in [-0.25, -0.2) is 8.42 Å². The molecule has 6 nitrogen and oxygen atoms in total. The molecule has 0 N–H and O–H groups in total. The average Bonchev–Trinajstić information content (AvgIpc) is 3.14. The summed E-state index contributed by atoms with van der Waals surface area (Å²) in [4.78, 5) is 16.2. The number of carbonyl (C=O) groups excluding carboxylic acids is 1. The molecule has 0 radical (unpaired) electrons. The predicted molar refractivity (Wildman–Crippen MR) is 87.7 cm³/mol. The van der Waals surface area contributed by atoms with Crippen LogP contribution in [-0.4, -0.2) is 68.0 Å². The third-order valence-electron chi connectivity index (χ3n) is 4.81. The van der Waals surface area contributed by atoms with Gasteiger partial charge in [0, 0.05) is 25.0 Å². The number of piperazine rings is 1. The molecule has 0 bridgehead atoms. The van der Waals surface area contributed by atoms with E-state index in [1.807, 2.05) is 28.8 Å². The summed E-state index contributed by atoms with van der Waals surface area (Å²) in [7, 11) is -1.25. The van der Waals surface area contributed by atoms with Crippen LogP contribution >= 0.6 is 11.3 Å². The van der Waals surface area contributed by atoms with E-state index < -0.39 is 10.0 Å². The van der Waals surface area contributed by atoms with E-state index in [2.05, 4.69) is 0 Å². The van der Waals surface area contributed by atoms with Crippen LogP contribution in [0, 0.1) is 0 Å². The molecule has 3 rings (SSSR count). The van der Waals surface area contributed by atoms with E-state index in [0.29, 0.717) is 26.2 Å². The number of hydrogen-bond donors (Lipinski definition) is 0. The number of likely N-dealkylation sites (N-methyl/N-ethyl adjacent to an activating group) is 1. The first kappa shape index (κ1) is 15.9. The van der Waals surface area contributed by atoms with E-state index in [9.17, 15) is 13.2 Å². The lowest BCUT2D eigenvalue weighted by atomic mass is 9.93. The van der Waals surface area contributed by atoms with Crippen molar-refractivity contribution < 1.29 is 13.2 Å². The number of thiophene rings is 1. The lowest BCUT2D eigenvalue weighted by Crippen LogP contribution is -2.64. The highest BCUT2D eigenvalue weighted by Crippen LogP contribution is 2.34. The van der Waals surface area contributed by atoms with Gasteiger partial charge in [0.05, 0.1) is 23.5 Å².